The van der Waals surface area contributed by atoms with Gasteiger partial charge < -0.3 is 0 Å². The SMILES string of the molecule is CC1=CC(=O)N(c2ccc(C)c(C)c2)C1=O. The van der Waals surface area contributed by atoms with Crippen LogP contribution in [-0.4, -0.2) is 11.8 Å². The zero-order chi connectivity index (χ0) is 11.9. The number of anilines is 1. The van der Waals surface area contributed by atoms with Crippen LogP contribution < -0.4 is 4.90 Å². The first-order chi connectivity index (χ1) is 7.50. The first-order valence-corrected chi connectivity index (χ1v) is 5.14. The Labute approximate surface area is 94.4 Å². The maximum absolute atomic E-state index is 11.7. The topological polar surface area (TPSA) is 37.4 Å². The Morgan fingerprint density at radius 2 is 1.69 bits per heavy atom. The lowest BCUT2D eigenvalue weighted by atomic mass is 10.1. The number of carbonyl (C=O) groups is 2. The van der Waals surface area contributed by atoms with Crippen molar-refractivity contribution < 1.29 is 9.59 Å². The second kappa shape index (κ2) is 3.59. The van der Waals surface area contributed by atoms with E-state index in [2.05, 4.69) is 0 Å². The van der Waals surface area contributed by atoms with Crippen LogP contribution in [0.2, 0.25) is 0 Å². The van der Waals surface area contributed by atoms with Gasteiger partial charge in [0.15, 0.2) is 0 Å². The Balaban J connectivity index is 2.43. The summed E-state index contributed by atoms with van der Waals surface area (Å²) in [5.74, 6) is -0.487. The number of aryl methyl sites for hydroxylation is 2. The Bertz CT molecular complexity index is 515. The van der Waals surface area contributed by atoms with E-state index in [9.17, 15) is 9.59 Å². The minimum absolute atomic E-state index is 0.228. The summed E-state index contributed by atoms with van der Waals surface area (Å²) in [6.45, 7) is 5.61. The second-order valence-electron chi connectivity index (χ2n) is 4.07. The zero-order valence-corrected chi connectivity index (χ0v) is 9.57. The molecule has 1 aromatic rings. The molecule has 0 unspecified atom stereocenters. The number of rotatable bonds is 1. The van der Waals surface area contributed by atoms with E-state index in [1.165, 1.54) is 11.0 Å². The van der Waals surface area contributed by atoms with Crippen LogP contribution in [0.15, 0.2) is 29.8 Å². The third-order valence-corrected chi connectivity index (χ3v) is 2.85. The molecule has 0 aliphatic carbocycles. The molecule has 0 aromatic heterocycles. The van der Waals surface area contributed by atoms with Crippen molar-refractivity contribution in [1.82, 2.24) is 0 Å². The highest BCUT2D eigenvalue weighted by Gasteiger charge is 2.29. The molecule has 82 valence electrons. The lowest BCUT2D eigenvalue weighted by Crippen LogP contribution is -2.30. The Morgan fingerprint density at radius 3 is 2.19 bits per heavy atom. The smallest absolute Gasteiger partial charge is 0.261 e. The van der Waals surface area contributed by atoms with Crippen molar-refractivity contribution in [2.45, 2.75) is 20.8 Å². The number of hydrogen-bond acceptors (Lipinski definition) is 2. The molecule has 1 aliphatic rings. The van der Waals surface area contributed by atoms with E-state index in [0.717, 1.165) is 11.1 Å². The lowest BCUT2D eigenvalue weighted by molar-refractivity contribution is -0.120. The van der Waals surface area contributed by atoms with Gasteiger partial charge in [-0.3, -0.25) is 9.59 Å². The zero-order valence-electron chi connectivity index (χ0n) is 9.57. The molecule has 2 rings (SSSR count). The molecule has 16 heavy (non-hydrogen) atoms. The van der Waals surface area contributed by atoms with Gasteiger partial charge >= 0.3 is 0 Å². The van der Waals surface area contributed by atoms with Gasteiger partial charge in [0.2, 0.25) is 0 Å². The highest BCUT2D eigenvalue weighted by molar-refractivity contribution is 6.30. The van der Waals surface area contributed by atoms with Crippen molar-refractivity contribution in [3.63, 3.8) is 0 Å². The third kappa shape index (κ3) is 1.54. The summed E-state index contributed by atoms with van der Waals surface area (Å²) in [5.41, 5.74) is 3.35. The van der Waals surface area contributed by atoms with Crippen molar-refractivity contribution >= 4 is 17.5 Å². The van der Waals surface area contributed by atoms with E-state index >= 15 is 0 Å². The molecule has 3 nitrogen and oxygen atoms in total. The quantitative estimate of drug-likeness (QED) is 0.673. The van der Waals surface area contributed by atoms with Crippen LogP contribution in [0.5, 0.6) is 0 Å². The summed E-state index contributed by atoms with van der Waals surface area (Å²) >= 11 is 0. The standard InChI is InChI=1S/C13H13NO2/c1-8-4-5-11(6-9(8)2)14-12(15)7-10(3)13(14)16/h4-7H,1-3H3. The summed E-state index contributed by atoms with van der Waals surface area (Å²) in [6, 6.07) is 5.57. The van der Waals surface area contributed by atoms with Gasteiger partial charge in [-0.15, -0.1) is 0 Å². The van der Waals surface area contributed by atoms with Crippen LogP contribution in [-0.2, 0) is 9.59 Å². The number of nitrogens with zero attached hydrogens (tertiary/aromatic N) is 1. The molecule has 0 N–H and O–H groups in total. The summed E-state index contributed by atoms with van der Waals surface area (Å²) in [4.78, 5) is 24.6. The Hall–Kier alpha value is -1.90. The molecule has 1 aromatic carbocycles. The van der Waals surface area contributed by atoms with Crippen molar-refractivity contribution in [1.29, 1.82) is 0 Å². The van der Waals surface area contributed by atoms with Gasteiger partial charge in [-0.05, 0) is 44.0 Å². The molecule has 1 aliphatic heterocycles. The monoisotopic (exact) mass is 215 g/mol. The minimum atomic E-state index is -0.259. The van der Waals surface area contributed by atoms with Crippen LogP contribution in [0.25, 0.3) is 0 Å². The summed E-state index contributed by atoms with van der Waals surface area (Å²) < 4.78 is 0. The van der Waals surface area contributed by atoms with Gasteiger partial charge in [-0.2, -0.15) is 0 Å². The number of amides is 2. The molecular weight excluding hydrogens is 202 g/mol. The van der Waals surface area contributed by atoms with Crippen LogP contribution >= 0.6 is 0 Å². The Kier molecular flexibility index (Phi) is 2.38. The largest absolute Gasteiger partial charge is 0.269 e. The average molecular weight is 215 g/mol. The van der Waals surface area contributed by atoms with E-state index in [1.54, 1.807) is 13.0 Å². The number of hydrogen-bond donors (Lipinski definition) is 0. The van der Waals surface area contributed by atoms with E-state index in [4.69, 9.17) is 0 Å². The molecule has 0 bridgehead atoms. The predicted octanol–water partition coefficient (Wildman–Crippen LogP) is 2.12. The normalized spacial score (nSPS) is 15.7. The lowest BCUT2D eigenvalue weighted by Gasteiger charge is -2.15. The highest BCUT2D eigenvalue weighted by Crippen LogP contribution is 2.24. The van der Waals surface area contributed by atoms with Gasteiger partial charge in [-0.1, -0.05) is 6.07 Å². The second-order valence-corrected chi connectivity index (χ2v) is 4.07. The van der Waals surface area contributed by atoms with Crippen LogP contribution in [0.1, 0.15) is 18.1 Å². The predicted molar refractivity (Wildman–Crippen MR) is 62.2 cm³/mol. The molecule has 0 atom stereocenters. The number of carbonyl (C=O) groups excluding carboxylic acids is 2. The average Bonchev–Trinajstić information content (AvgIpc) is 2.47. The molecule has 2 amide bonds. The van der Waals surface area contributed by atoms with Gasteiger partial charge in [-0.25, -0.2) is 4.90 Å². The fourth-order valence-corrected chi connectivity index (χ4v) is 1.70. The van der Waals surface area contributed by atoms with Crippen molar-refractivity contribution in [3.8, 4) is 0 Å². The van der Waals surface area contributed by atoms with E-state index in [1.807, 2.05) is 26.0 Å². The van der Waals surface area contributed by atoms with Crippen LogP contribution in [0, 0.1) is 13.8 Å². The number of imide groups is 1. The van der Waals surface area contributed by atoms with E-state index < -0.39 is 0 Å². The molecule has 0 spiro atoms. The maximum Gasteiger partial charge on any atom is 0.261 e. The first kappa shape index (κ1) is 10.6. The molecule has 0 saturated carbocycles. The minimum Gasteiger partial charge on any atom is -0.269 e. The highest BCUT2D eigenvalue weighted by atomic mass is 16.2. The van der Waals surface area contributed by atoms with E-state index in [0.29, 0.717) is 11.3 Å². The summed E-state index contributed by atoms with van der Waals surface area (Å²) in [5, 5.41) is 0. The van der Waals surface area contributed by atoms with Gasteiger partial charge in [0.05, 0.1) is 5.69 Å². The Morgan fingerprint density at radius 1 is 1.00 bits per heavy atom. The van der Waals surface area contributed by atoms with E-state index in [-0.39, 0.29) is 11.8 Å². The molecular formula is C13H13NO2. The molecule has 3 heteroatoms. The molecule has 0 saturated heterocycles. The first-order valence-electron chi connectivity index (χ1n) is 5.14. The fraction of sp³-hybridized carbons (Fsp3) is 0.231. The van der Waals surface area contributed by atoms with Crippen molar-refractivity contribution in [3.05, 3.63) is 41.0 Å². The van der Waals surface area contributed by atoms with Gasteiger partial charge in [0.1, 0.15) is 0 Å². The maximum atomic E-state index is 11.7. The molecule has 0 fully saturated rings. The summed E-state index contributed by atoms with van der Waals surface area (Å²) in [7, 11) is 0. The van der Waals surface area contributed by atoms with Crippen molar-refractivity contribution in [2.24, 2.45) is 0 Å². The van der Waals surface area contributed by atoms with Crippen LogP contribution in [0.3, 0.4) is 0 Å². The third-order valence-electron chi connectivity index (χ3n) is 2.85. The van der Waals surface area contributed by atoms with Gasteiger partial charge in [0.25, 0.3) is 11.8 Å². The molecule has 1 heterocycles. The van der Waals surface area contributed by atoms with Crippen molar-refractivity contribution in [2.75, 3.05) is 4.90 Å². The van der Waals surface area contributed by atoms with Gasteiger partial charge in [0, 0.05) is 11.6 Å². The summed E-state index contributed by atoms with van der Waals surface area (Å²) in [6.07, 6.45) is 1.37. The molecule has 0 radical (unpaired) electrons. The fourth-order valence-electron chi connectivity index (χ4n) is 1.70. The number of benzene rings is 1. The van der Waals surface area contributed by atoms with Crippen LogP contribution in [0.4, 0.5) is 5.69 Å².